The van der Waals surface area contributed by atoms with Crippen molar-refractivity contribution in [2.75, 3.05) is 13.1 Å². The van der Waals surface area contributed by atoms with E-state index in [9.17, 15) is 18.5 Å². The number of rotatable bonds is 6. The van der Waals surface area contributed by atoms with Crippen LogP contribution in [0.2, 0.25) is 5.02 Å². The van der Waals surface area contributed by atoms with Gasteiger partial charge in [0, 0.05) is 25.2 Å². The lowest BCUT2D eigenvalue weighted by Crippen LogP contribution is -2.24. The maximum absolute atomic E-state index is 11.9. The molecule has 0 unspecified atom stereocenters. The Morgan fingerprint density at radius 1 is 1.42 bits per heavy atom. The summed E-state index contributed by atoms with van der Waals surface area (Å²) in [7, 11) is -3.81. The maximum atomic E-state index is 11.9. The van der Waals surface area contributed by atoms with E-state index in [1.54, 1.807) is 12.2 Å². The third-order valence-electron chi connectivity index (χ3n) is 2.11. The van der Waals surface area contributed by atoms with Crippen LogP contribution in [0, 0.1) is 10.1 Å². The number of nitrogens with two attached hydrogens (primary N) is 1. The number of nitrogens with one attached hydrogen (secondary N) is 1. The molecule has 0 saturated heterocycles. The molecule has 0 amide bonds. The van der Waals surface area contributed by atoms with Crippen LogP contribution in [0.3, 0.4) is 0 Å². The molecule has 0 heterocycles. The lowest BCUT2D eigenvalue weighted by atomic mass is 10.3. The standard InChI is InChI=1S/C10H12ClN3O4S/c11-9-7-8(14(15)16)3-4-10(9)19(17,18)13-6-2-1-5-12/h1-4,7,13H,5-6,12H2/b2-1+. The highest BCUT2D eigenvalue weighted by Crippen LogP contribution is 2.25. The van der Waals surface area contributed by atoms with Gasteiger partial charge in [-0.05, 0) is 6.07 Å². The maximum Gasteiger partial charge on any atom is 0.271 e. The number of nitro benzene ring substituents is 1. The summed E-state index contributed by atoms with van der Waals surface area (Å²) in [6.45, 7) is 0.368. The molecule has 19 heavy (non-hydrogen) atoms. The second-order valence-electron chi connectivity index (χ2n) is 3.43. The predicted octanol–water partition coefficient (Wildman–Crippen LogP) is 1.04. The van der Waals surface area contributed by atoms with Crippen LogP contribution in [0.5, 0.6) is 0 Å². The predicted molar refractivity (Wildman–Crippen MR) is 71.5 cm³/mol. The van der Waals surface area contributed by atoms with Crippen LogP contribution in [0.25, 0.3) is 0 Å². The Kier molecular flexibility index (Phi) is 5.43. The third kappa shape index (κ3) is 4.28. The first-order valence-corrected chi connectivity index (χ1v) is 7.03. The normalized spacial score (nSPS) is 11.9. The first kappa shape index (κ1) is 15.6. The fourth-order valence-electron chi connectivity index (χ4n) is 1.24. The average Bonchev–Trinajstić information content (AvgIpc) is 2.34. The van der Waals surface area contributed by atoms with Crippen molar-refractivity contribution in [1.82, 2.24) is 4.72 Å². The van der Waals surface area contributed by atoms with Crippen LogP contribution in [0.1, 0.15) is 0 Å². The Balaban J connectivity index is 2.96. The van der Waals surface area contributed by atoms with Crippen LogP contribution in [-0.4, -0.2) is 26.4 Å². The van der Waals surface area contributed by atoms with E-state index in [-0.39, 0.29) is 22.2 Å². The molecule has 0 saturated carbocycles. The lowest BCUT2D eigenvalue weighted by molar-refractivity contribution is -0.384. The Labute approximate surface area is 115 Å². The summed E-state index contributed by atoms with van der Waals surface area (Å²) in [4.78, 5) is 9.66. The topological polar surface area (TPSA) is 115 Å². The van der Waals surface area contributed by atoms with Crippen LogP contribution >= 0.6 is 11.6 Å². The van der Waals surface area contributed by atoms with Gasteiger partial charge in [-0.1, -0.05) is 23.8 Å². The molecular formula is C10H12ClN3O4S. The van der Waals surface area contributed by atoms with Gasteiger partial charge in [-0.25, -0.2) is 13.1 Å². The Bertz CT molecular complexity index is 601. The van der Waals surface area contributed by atoms with E-state index >= 15 is 0 Å². The van der Waals surface area contributed by atoms with Gasteiger partial charge in [-0.15, -0.1) is 0 Å². The molecule has 0 spiro atoms. The van der Waals surface area contributed by atoms with E-state index in [2.05, 4.69) is 4.72 Å². The van der Waals surface area contributed by atoms with E-state index in [0.717, 1.165) is 18.2 Å². The van der Waals surface area contributed by atoms with Crippen molar-refractivity contribution in [2.24, 2.45) is 5.73 Å². The number of halogens is 1. The van der Waals surface area contributed by atoms with Crippen LogP contribution in [0.15, 0.2) is 35.2 Å². The number of non-ortho nitro benzene ring substituents is 1. The van der Waals surface area contributed by atoms with Gasteiger partial charge in [-0.3, -0.25) is 10.1 Å². The SMILES string of the molecule is NC/C=C/CNS(=O)(=O)c1ccc([N+](=O)[O-])cc1Cl. The van der Waals surface area contributed by atoms with Crippen molar-refractivity contribution in [3.05, 3.63) is 45.5 Å². The third-order valence-corrected chi connectivity index (χ3v) is 4.02. The molecule has 1 aromatic rings. The number of hydrogen-bond donors (Lipinski definition) is 2. The fraction of sp³-hybridized carbons (Fsp3) is 0.200. The lowest BCUT2D eigenvalue weighted by Gasteiger charge is -2.06. The van der Waals surface area contributed by atoms with Gasteiger partial charge in [0.15, 0.2) is 0 Å². The van der Waals surface area contributed by atoms with Crippen molar-refractivity contribution >= 4 is 27.3 Å². The highest BCUT2D eigenvalue weighted by molar-refractivity contribution is 7.89. The summed E-state index contributed by atoms with van der Waals surface area (Å²) in [6, 6.07) is 3.16. The summed E-state index contributed by atoms with van der Waals surface area (Å²) in [5.74, 6) is 0. The molecule has 7 nitrogen and oxygen atoms in total. The average molecular weight is 306 g/mol. The van der Waals surface area contributed by atoms with Crippen LogP contribution in [-0.2, 0) is 10.0 Å². The van der Waals surface area contributed by atoms with Gasteiger partial charge in [-0.2, -0.15) is 0 Å². The van der Waals surface area contributed by atoms with Crippen LogP contribution in [0.4, 0.5) is 5.69 Å². The zero-order chi connectivity index (χ0) is 14.5. The molecule has 0 fully saturated rings. The summed E-state index contributed by atoms with van der Waals surface area (Å²) >= 11 is 5.74. The molecule has 0 aliphatic carbocycles. The molecule has 0 bridgehead atoms. The molecule has 1 rings (SSSR count). The molecule has 3 N–H and O–H groups in total. The van der Waals surface area contributed by atoms with E-state index in [4.69, 9.17) is 17.3 Å². The largest absolute Gasteiger partial charge is 0.327 e. The second-order valence-corrected chi connectivity index (χ2v) is 5.57. The van der Waals surface area contributed by atoms with E-state index in [0.29, 0.717) is 6.54 Å². The second kappa shape index (κ2) is 6.62. The number of nitro groups is 1. The molecule has 0 aromatic heterocycles. The van der Waals surface area contributed by atoms with E-state index in [1.165, 1.54) is 0 Å². The minimum Gasteiger partial charge on any atom is -0.327 e. The molecule has 104 valence electrons. The zero-order valence-corrected chi connectivity index (χ0v) is 11.3. The van der Waals surface area contributed by atoms with Crippen molar-refractivity contribution in [2.45, 2.75) is 4.90 Å². The van der Waals surface area contributed by atoms with Crippen molar-refractivity contribution in [3.8, 4) is 0 Å². The fourth-order valence-corrected chi connectivity index (χ4v) is 2.75. The highest BCUT2D eigenvalue weighted by atomic mass is 35.5. The zero-order valence-electron chi connectivity index (χ0n) is 9.74. The smallest absolute Gasteiger partial charge is 0.271 e. The van der Waals surface area contributed by atoms with Crippen molar-refractivity contribution in [3.63, 3.8) is 0 Å². The van der Waals surface area contributed by atoms with Gasteiger partial charge in [0.2, 0.25) is 10.0 Å². The number of hydrogen-bond acceptors (Lipinski definition) is 5. The summed E-state index contributed by atoms with van der Waals surface area (Å²) in [5, 5.41) is 10.3. The first-order valence-electron chi connectivity index (χ1n) is 5.17. The molecule has 9 heteroatoms. The van der Waals surface area contributed by atoms with E-state index < -0.39 is 14.9 Å². The number of nitrogens with zero attached hydrogens (tertiary/aromatic N) is 1. The van der Waals surface area contributed by atoms with Gasteiger partial charge in [0.1, 0.15) is 4.90 Å². The molecule has 1 aromatic carbocycles. The van der Waals surface area contributed by atoms with E-state index in [1.807, 2.05) is 0 Å². The van der Waals surface area contributed by atoms with Crippen LogP contribution < -0.4 is 10.5 Å². The summed E-state index contributed by atoms with van der Waals surface area (Å²) < 4.78 is 26.0. The summed E-state index contributed by atoms with van der Waals surface area (Å²) in [6.07, 6.45) is 3.15. The minimum absolute atomic E-state index is 0.0624. The number of benzene rings is 1. The van der Waals surface area contributed by atoms with Gasteiger partial charge in [0.05, 0.1) is 9.95 Å². The van der Waals surface area contributed by atoms with Gasteiger partial charge >= 0.3 is 0 Å². The molecular weight excluding hydrogens is 294 g/mol. The van der Waals surface area contributed by atoms with Crippen molar-refractivity contribution < 1.29 is 13.3 Å². The quantitative estimate of drug-likeness (QED) is 0.463. The molecule has 0 aliphatic heterocycles. The highest BCUT2D eigenvalue weighted by Gasteiger charge is 2.19. The minimum atomic E-state index is -3.81. The Morgan fingerprint density at radius 3 is 2.63 bits per heavy atom. The Morgan fingerprint density at radius 2 is 2.11 bits per heavy atom. The Hall–Kier alpha value is -1.48. The summed E-state index contributed by atoms with van der Waals surface area (Å²) in [5.41, 5.74) is 4.94. The molecule has 0 aliphatic rings. The first-order chi connectivity index (χ1) is 8.88. The molecule has 0 atom stereocenters. The van der Waals surface area contributed by atoms with Gasteiger partial charge in [0.25, 0.3) is 5.69 Å². The van der Waals surface area contributed by atoms with Crippen molar-refractivity contribution in [1.29, 1.82) is 0 Å². The monoisotopic (exact) mass is 305 g/mol. The van der Waals surface area contributed by atoms with Gasteiger partial charge < -0.3 is 5.73 Å². The molecule has 0 radical (unpaired) electrons. The number of sulfonamides is 1.